The van der Waals surface area contributed by atoms with Crippen LogP contribution in [-0.2, 0) is 11.3 Å². The van der Waals surface area contributed by atoms with Gasteiger partial charge in [-0.25, -0.2) is 4.79 Å². The van der Waals surface area contributed by atoms with E-state index < -0.39 is 0 Å². The number of aryl methyl sites for hydroxylation is 1. The summed E-state index contributed by atoms with van der Waals surface area (Å²) in [5.74, 6) is 1.63. The fourth-order valence-electron chi connectivity index (χ4n) is 2.86. The van der Waals surface area contributed by atoms with Crippen molar-refractivity contribution in [1.29, 1.82) is 0 Å². The van der Waals surface area contributed by atoms with Gasteiger partial charge in [-0.05, 0) is 25.3 Å². The highest BCUT2D eigenvalue weighted by Crippen LogP contribution is 2.22. The van der Waals surface area contributed by atoms with Gasteiger partial charge >= 0.3 is 5.97 Å². The Labute approximate surface area is 120 Å². The summed E-state index contributed by atoms with van der Waals surface area (Å²) >= 11 is 0. The number of esters is 1. The van der Waals surface area contributed by atoms with E-state index in [9.17, 15) is 4.79 Å². The number of nitrogens with two attached hydrogens (primary N) is 1. The summed E-state index contributed by atoms with van der Waals surface area (Å²) in [6.45, 7) is 6.66. The molecule has 2 atom stereocenters. The highest BCUT2D eigenvalue weighted by molar-refractivity contribution is 5.90. The van der Waals surface area contributed by atoms with Gasteiger partial charge in [-0.1, -0.05) is 13.3 Å². The Morgan fingerprint density at radius 3 is 3.00 bits per heavy atom. The molecule has 0 spiro atoms. The van der Waals surface area contributed by atoms with Crippen molar-refractivity contribution in [1.82, 2.24) is 4.90 Å². The minimum absolute atomic E-state index is 0.306. The molecule has 1 aliphatic rings. The van der Waals surface area contributed by atoms with Gasteiger partial charge in [0.25, 0.3) is 0 Å². The van der Waals surface area contributed by atoms with Gasteiger partial charge in [-0.15, -0.1) is 0 Å². The van der Waals surface area contributed by atoms with Crippen LogP contribution < -0.4 is 5.73 Å². The smallest absolute Gasteiger partial charge is 0.341 e. The molecule has 0 aromatic carbocycles. The molecule has 1 aromatic rings. The minimum atomic E-state index is -0.343. The van der Waals surface area contributed by atoms with Crippen molar-refractivity contribution < 1.29 is 13.9 Å². The summed E-state index contributed by atoms with van der Waals surface area (Å²) in [6, 6.07) is 2.09. The number of ether oxygens (including phenoxy) is 1. The predicted octanol–water partition coefficient (Wildman–Crippen LogP) is 1.93. The van der Waals surface area contributed by atoms with Gasteiger partial charge < -0.3 is 14.9 Å². The Balaban J connectivity index is 2.02. The zero-order valence-corrected chi connectivity index (χ0v) is 12.5. The van der Waals surface area contributed by atoms with Crippen molar-refractivity contribution in [2.24, 2.45) is 11.7 Å². The molecule has 1 fully saturated rings. The molecule has 0 radical (unpaired) electrons. The van der Waals surface area contributed by atoms with Crippen LogP contribution in [0.25, 0.3) is 0 Å². The first kappa shape index (κ1) is 15.1. The number of nitrogens with zero attached hydrogens (tertiary/aromatic N) is 1. The third-order valence-corrected chi connectivity index (χ3v) is 4.15. The second kappa shape index (κ2) is 6.41. The van der Waals surface area contributed by atoms with Gasteiger partial charge in [0.2, 0.25) is 0 Å². The maximum Gasteiger partial charge on any atom is 0.341 e. The van der Waals surface area contributed by atoms with Crippen molar-refractivity contribution in [2.75, 3.05) is 20.2 Å². The maximum absolute atomic E-state index is 11.6. The Hall–Kier alpha value is -1.33. The summed E-state index contributed by atoms with van der Waals surface area (Å²) in [5.41, 5.74) is 6.64. The quantitative estimate of drug-likeness (QED) is 0.854. The Morgan fingerprint density at radius 1 is 1.60 bits per heavy atom. The number of piperidine rings is 1. The first-order valence-corrected chi connectivity index (χ1v) is 7.20. The van der Waals surface area contributed by atoms with Gasteiger partial charge in [0, 0.05) is 19.1 Å². The predicted molar refractivity (Wildman–Crippen MR) is 76.4 cm³/mol. The Kier molecular flexibility index (Phi) is 4.83. The van der Waals surface area contributed by atoms with Gasteiger partial charge in [0.05, 0.1) is 13.7 Å². The lowest BCUT2D eigenvalue weighted by Gasteiger charge is -2.36. The van der Waals surface area contributed by atoms with Crippen molar-refractivity contribution in [3.63, 3.8) is 0 Å². The summed E-state index contributed by atoms with van der Waals surface area (Å²) in [7, 11) is 1.38. The van der Waals surface area contributed by atoms with Crippen LogP contribution in [0.4, 0.5) is 0 Å². The molecule has 0 bridgehead atoms. The van der Waals surface area contributed by atoms with E-state index in [4.69, 9.17) is 14.9 Å². The van der Waals surface area contributed by atoms with Gasteiger partial charge in [-0.3, -0.25) is 4.90 Å². The second-order valence-corrected chi connectivity index (χ2v) is 5.53. The summed E-state index contributed by atoms with van der Waals surface area (Å²) < 4.78 is 10.4. The highest BCUT2D eigenvalue weighted by Gasteiger charge is 2.26. The largest absolute Gasteiger partial charge is 0.465 e. The molecule has 2 N–H and O–H groups in total. The average Bonchev–Trinajstić information content (AvgIpc) is 2.80. The number of hydrogen-bond donors (Lipinski definition) is 1. The van der Waals surface area contributed by atoms with Crippen LogP contribution >= 0.6 is 0 Å². The molecule has 1 saturated heterocycles. The molecule has 112 valence electrons. The van der Waals surface area contributed by atoms with E-state index in [1.807, 2.05) is 0 Å². The van der Waals surface area contributed by atoms with Crippen LogP contribution in [0.1, 0.15) is 41.6 Å². The van der Waals surface area contributed by atoms with E-state index in [1.165, 1.54) is 7.11 Å². The third kappa shape index (κ3) is 3.22. The van der Waals surface area contributed by atoms with Crippen molar-refractivity contribution in [2.45, 2.75) is 39.3 Å². The zero-order valence-electron chi connectivity index (χ0n) is 12.5. The molecule has 1 aromatic heterocycles. The van der Waals surface area contributed by atoms with E-state index in [-0.39, 0.29) is 5.97 Å². The van der Waals surface area contributed by atoms with Crippen molar-refractivity contribution in [3.05, 3.63) is 23.2 Å². The van der Waals surface area contributed by atoms with Crippen LogP contribution in [0.5, 0.6) is 0 Å². The van der Waals surface area contributed by atoms with Gasteiger partial charge in [0.1, 0.15) is 17.1 Å². The van der Waals surface area contributed by atoms with E-state index in [1.54, 1.807) is 13.0 Å². The van der Waals surface area contributed by atoms with Crippen molar-refractivity contribution >= 4 is 5.97 Å². The highest BCUT2D eigenvalue weighted by atomic mass is 16.5. The number of furan rings is 1. The fraction of sp³-hybridized carbons (Fsp3) is 0.667. The first-order chi connectivity index (χ1) is 9.55. The molecule has 2 rings (SSSR count). The molecule has 2 unspecified atom stereocenters. The Morgan fingerprint density at radius 2 is 2.35 bits per heavy atom. The molecule has 5 heteroatoms. The molecule has 0 amide bonds. The number of rotatable bonds is 4. The SMILES string of the molecule is CCC1CN(Cc2cc(C(=O)OC)c(C)o2)CCC1N. The van der Waals surface area contributed by atoms with E-state index >= 15 is 0 Å². The molecule has 1 aliphatic heterocycles. The van der Waals surface area contributed by atoms with E-state index in [2.05, 4.69) is 11.8 Å². The average molecular weight is 280 g/mol. The fourth-order valence-corrected chi connectivity index (χ4v) is 2.86. The number of likely N-dealkylation sites (tertiary alicyclic amines) is 1. The van der Waals surface area contributed by atoms with E-state index in [0.717, 1.165) is 38.2 Å². The Bertz CT molecular complexity index is 470. The van der Waals surface area contributed by atoms with Crippen molar-refractivity contribution in [3.8, 4) is 0 Å². The van der Waals surface area contributed by atoms with Crippen LogP contribution in [0, 0.1) is 12.8 Å². The summed E-state index contributed by atoms with van der Waals surface area (Å²) in [5, 5.41) is 0. The topological polar surface area (TPSA) is 68.7 Å². The van der Waals surface area contributed by atoms with Crippen LogP contribution in [0.2, 0.25) is 0 Å². The monoisotopic (exact) mass is 280 g/mol. The van der Waals surface area contributed by atoms with Crippen LogP contribution in [0.15, 0.2) is 10.5 Å². The molecule has 0 saturated carbocycles. The van der Waals surface area contributed by atoms with Gasteiger partial charge in [0.15, 0.2) is 0 Å². The molecule has 0 aliphatic carbocycles. The molecule has 20 heavy (non-hydrogen) atoms. The third-order valence-electron chi connectivity index (χ3n) is 4.15. The maximum atomic E-state index is 11.6. The number of carbonyl (C=O) groups excluding carboxylic acids is 1. The normalized spacial score (nSPS) is 23.8. The number of hydrogen-bond acceptors (Lipinski definition) is 5. The molecule has 5 nitrogen and oxygen atoms in total. The number of carbonyl (C=O) groups is 1. The molecular formula is C15H24N2O3. The van der Waals surface area contributed by atoms with Crippen LogP contribution in [0.3, 0.4) is 0 Å². The minimum Gasteiger partial charge on any atom is -0.465 e. The lowest BCUT2D eigenvalue weighted by Crippen LogP contribution is -2.46. The van der Waals surface area contributed by atoms with Crippen LogP contribution in [-0.4, -0.2) is 37.1 Å². The van der Waals surface area contributed by atoms with Gasteiger partial charge in [-0.2, -0.15) is 0 Å². The lowest BCUT2D eigenvalue weighted by atomic mass is 9.91. The zero-order chi connectivity index (χ0) is 14.7. The van der Waals surface area contributed by atoms with E-state index in [0.29, 0.717) is 23.3 Å². The lowest BCUT2D eigenvalue weighted by molar-refractivity contribution is 0.0599. The summed E-state index contributed by atoms with van der Waals surface area (Å²) in [4.78, 5) is 13.9. The number of methoxy groups -OCH3 is 1. The summed E-state index contributed by atoms with van der Waals surface area (Å²) in [6.07, 6.45) is 2.12. The molecule has 2 heterocycles. The standard InChI is InChI=1S/C15H24N2O3/c1-4-11-8-17(6-5-14(11)16)9-12-7-13(10(2)20-12)15(18)19-3/h7,11,14H,4-6,8-9,16H2,1-3H3. The second-order valence-electron chi connectivity index (χ2n) is 5.53. The molecular weight excluding hydrogens is 256 g/mol. The first-order valence-electron chi connectivity index (χ1n) is 7.20.